The number of ether oxygens (including phenoxy) is 1. The quantitative estimate of drug-likeness (QED) is 0.280. The SMILES string of the molecule is COCc1ccccc1NC(N)=NCCCc1nnc(SC)n1CC(C)C. The van der Waals surface area contributed by atoms with E-state index in [0.717, 1.165) is 41.6 Å². The first-order valence-corrected chi connectivity index (χ1v) is 10.4. The summed E-state index contributed by atoms with van der Waals surface area (Å²) < 4.78 is 7.42. The van der Waals surface area contributed by atoms with Crippen LogP contribution in [0.4, 0.5) is 5.69 Å². The van der Waals surface area contributed by atoms with E-state index in [9.17, 15) is 0 Å². The molecule has 0 aliphatic rings. The number of aromatic nitrogens is 3. The molecule has 0 spiro atoms. The Morgan fingerprint density at radius 3 is 2.81 bits per heavy atom. The Balaban J connectivity index is 1.90. The molecule has 0 saturated carbocycles. The fourth-order valence-electron chi connectivity index (χ4n) is 2.74. The molecule has 2 aromatic rings. The normalized spacial score (nSPS) is 12.0. The minimum atomic E-state index is 0.409. The van der Waals surface area contributed by atoms with Crippen LogP contribution in [0.15, 0.2) is 34.4 Å². The summed E-state index contributed by atoms with van der Waals surface area (Å²) in [7, 11) is 1.68. The van der Waals surface area contributed by atoms with E-state index in [0.29, 0.717) is 25.0 Å². The Hall–Kier alpha value is -2.06. The molecule has 1 aromatic carbocycles. The van der Waals surface area contributed by atoms with Gasteiger partial charge >= 0.3 is 0 Å². The number of aliphatic imine (C=N–C) groups is 1. The number of benzene rings is 1. The molecular formula is C19H30N6OS. The third-order valence-electron chi connectivity index (χ3n) is 3.94. The zero-order valence-electron chi connectivity index (χ0n) is 16.6. The first kappa shape index (κ1) is 21.2. The first-order valence-electron chi connectivity index (χ1n) is 9.15. The molecule has 8 heteroatoms. The van der Waals surface area contributed by atoms with Crippen molar-refractivity contribution in [2.75, 3.05) is 25.2 Å². The fourth-order valence-corrected chi connectivity index (χ4v) is 3.26. The molecule has 0 saturated heterocycles. The van der Waals surface area contributed by atoms with Crippen LogP contribution in [0.3, 0.4) is 0 Å². The molecule has 0 radical (unpaired) electrons. The van der Waals surface area contributed by atoms with Gasteiger partial charge in [0, 0.05) is 37.9 Å². The molecule has 2 rings (SSSR count). The predicted octanol–water partition coefficient (Wildman–Crippen LogP) is 3.16. The van der Waals surface area contributed by atoms with Crippen molar-refractivity contribution in [1.82, 2.24) is 14.8 Å². The van der Waals surface area contributed by atoms with E-state index < -0.39 is 0 Å². The van der Waals surface area contributed by atoms with Gasteiger partial charge < -0.3 is 20.4 Å². The van der Waals surface area contributed by atoms with Crippen molar-refractivity contribution >= 4 is 23.4 Å². The van der Waals surface area contributed by atoms with Gasteiger partial charge in [-0.05, 0) is 24.7 Å². The number of rotatable bonds is 10. The second kappa shape index (κ2) is 10.9. The second-order valence-electron chi connectivity index (χ2n) is 6.69. The summed E-state index contributed by atoms with van der Waals surface area (Å²) in [4.78, 5) is 4.43. The van der Waals surface area contributed by atoms with Gasteiger partial charge in [0.25, 0.3) is 0 Å². The number of aryl methyl sites for hydroxylation is 1. The topological polar surface area (TPSA) is 90.3 Å². The second-order valence-corrected chi connectivity index (χ2v) is 7.47. The predicted molar refractivity (Wildman–Crippen MR) is 112 cm³/mol. The molecule has 0 amide bonds. The Bertz CT molecular complexity index is 744. The molecule has 1 aromatic heterocycles. The molecule has 3 N–H and O–H groups in total. The summed E-state index contributed by atoms with van der Waals surface area (Å²) in [6.07, 6.45) is 3.73. The van der Waals surface area contributed by atoms with E-state index in [4.69, 9.17) is 10.5 Å². The van der Waals surface area contributed by atoms with E-state index in [1.807, 2.05) is 30.5 Å². The molecule has 0 aliphatic carbocycles. The van der Waals surface area contributed by atoms with Gasteiger partial charge in [-0.3, -0.25) is 4.99 Å². The lowest BCUT2D eigenvalue weighted by Gasteiger charge is -2.12. The standard InChI is InChI=1S/C19H30N6OS/c1-14(2)12-25-17(23-24-19(25)27-4)10-7-11-21-18(20)22-16-9-6-5-8-15(16)13-26-3/h5-6,8-9,14H,7,10-13H2,1-4H3,(H3,20,21,22). The van der Waals surface area contributed by atoms with Crippen molar-refractivity contribution in [3.05, 3.63) is 35.7 Å². The van der Waals surface area contributed by atoms with Crippen LogP contribution < -0.4 is 11.1 Å². The van der Waals surface area contributed by atoms with Crippen LogP contribution in [0.2, 0.25) is 0 Å². The number of guanidine groups is 1. The van der Waals surface area contributed by atoms with Crippen LogP contribution in [0, 0.1) is 5.92 Å². The highest BCUT2D eigenvalue weighted by Gasteiger charge is 2.12. The fraction of sp³-hybridized carbons (Fsp3) is 0.526. The average Bonchev–Trinajstić information content (AvgIpc) is 3.01. The Labute approximate surface area is 165 Å². The van der Waals surface area contributed by atoms with Crippen LogP contribution in [0.5, 0.6) is 0 Å². The maximum absolute atomic E-state index is 6.03. The van der Waals surface area contributed by atoms with Gasteiger partial charge in [-0.15, -0.1) is 10.2 Å². The Kier molecular flexibility index (Phi) is 8.60. The number of hydrogen-bond donors (Lipinski definition) is 2. The molecule has 0 unspecified atom stereocenters. The largest absolute Gasteiger partial charge is 0.380 e. The molecule has 0 atom stereocenters. The van der Waals surface area contributed by atoms with Gasteiger partial charge in [-0.2, -0.15) is 0 Å². The summed E-state index contributed by atoms with van der Waals surface area (Å²) in [5.74, 6) is 1.97. The van der Waals surface area contributed by atoms with Crippen LogP contribution in [0.1, 0.15) is 31.7 Å². The first-order chi connectivity index (χ1) is 13.0. The number of thioether (sulfide) groups is 1. The molecule has 0 bridgehead atoms. The number of nitrogens with two attached hydrogens (primary N) is 1. The van der Waals surface area contributed by atoms with Gasteiger partial charge in [0.1, 0.15) is 5.82 Å². The van der Waals surface area contributed by atoms with Gasteiger partial charge in [0.05, 0.1) is 6.61 Å². The number of nitrogens with one attached hydrogen (secondary N) is 1. The van der Waals surface area contributed by atoms with Crippen molar-refractivity contribution in [3.63, 3.8) is 0 Å². The third-order valence-corrected chi connectivity index (χ3v) is 4.61. The molecule has 1 heterocycles. The molecule has 0 aliphatic heterocycles. The van der Waals surface area contributed by atoms with Crippen molar-refractivity contribution in [1.29, 1.82) is 0 Å². The van der Waals surface area contributed by atoms with Gasteiger partial charge in [0.2, 0.25) is 0 Å². The lowest BCUT2D eigenvalue weighted by atomic mass is 10.2. The number of nitrogens with zero attached hydrogens (tertiary/aromatic N) is 4. The van der Waals surface area contributed by atoms with Crippen LogP contribution in [0.25, 0.3) is 0 Å². The molecule has 148 valence electrons. The summed E-state index contributed by atoms with van der Waals surface area (Å²) in [5, 5.41) is 12.7. The Morgan fingerprint density at radius 1 is 1.33 bits per heavy atom. The highest BCUT2D eigenvalue weighted by atomic mass is 32.2. The van der Waals surface area contributed by atoms with Crippen LogP contribution >= 0.6 is 11.8 Å². The average molecular weight is 391 g/mol. The van der Waals surface area contributed by atoms with E-state index >= 15 is 0 Å². The van der Waals surface area contributed by atoms with E-state index in [1.165, 1.54) is 0 Å². The molecule has 27 heavy (non-hydrogen) atoms. The van der Waals surface area contributed by atoms with Crippen molar-refractivity contribution in [2.45, 2.75) is 45.0 Å². The lowest BCUT2D eigenvalue weighted by molar-refractivity contribution is 0.185. The molecule has 7 nitrogen and oxygen atoms in total. The van der Waals surface area contributed by atoms with Crippen molar-refractivity contribution in [2.24, 2.45) is 16.6 Å². The summed E-state index contributed by atoms with van der Waals surface area (Å²) >= 11 is 1.63. The molecule has 0 fully saturated rings. The zero-order valence-corrected chi connectivity index (χ0v) is 17.4. The Morgan fingerprint density at radius 2 is 2.11 bits per heavy atom. The number of hydrogen-bond acceptors (Lipinski definition) is 5. The van der Waals surface area contributed by atoms with Gasteiger partial charge in [-0.1, -0.05) is 43.8 Å². The maximum atomic E-state index is 6.03. The number of para-hydroxylation sites is 1. The van der Waals surface area contributed by atoms with Gasteiger partial charge in [-0.25, -0.2) is 0 Å². The van der Waals surface area contributed by atoms with Crippen molar-refractivity contribution in [3.8, 4) is 0 Å². The van der Waals surface area contributed by atoms with Crippen LogP contribution in [-0.4, -0.2) is 40.6 Å². The summed E-state index contributed by atoms with van der Waals surface area (Å²) in [6.45, 7) is 6.49. The minimum absolute atomic E-state index is 0.409. The smallest absolute Gasteiger partial charge is 0.193 e. The van der Waals surface area contributed by atoms with Crippen LogP contribution in [-0.2, 0) is 24.3 Å². The lowest BCUT2D eigenvalue weighted by Crippen LogP contribution is -2.23. The number of methoxy groups -OCH3 is 1. The van der Waals surface area contributed by atoms with E-state index in [2.05, 4.69) is 38.9 Å². The summed E-state index contributed by atoms with van der Waals surface area (Å²) in [5.41, 5.74) is 8.00. The van der Waals surface area contributed by atoms with Crippen molar-refractivity contribution < 1.29 is 4.74 Å². The highest BCUT2D eigenvalue weighted by molar-refractivity contribution is 7.98. The maximum Gasteiger partial charge on any atom is 0.193 e. The monoisotopic (exact) mass is 390 g/mol. The van der Waals surface area contributed by atoms with E-state index in [1.54, 1.807) is 18.9 Å². The number of anilines is 1. The van der Waals surface area contributed by atoms with E-state index in [-0.39, 0.29) is 0 Å². The van der Waals surface area contributed by atoms with Gasteiger partial charge in [0.15, 0.2) is 11.1 Å². The molecular weight excluding hydrogens is 360 g/mol. The third kappa shape index (κ3) is 6.55. The highest BCUT2D eigenvalue weighted by Crippen LogP contribution is 2.17. The zero-order chi connectivity index (χ0) is 19.6. The summed E-state index contributed by atoms with van der Waals surface area (Å²) in [6, 6.07) is 7.90. The minimum Gasteiger partial charge on any atom is -0.380 e.